The topological polar surface area (TPSA) is 34.9 Å². The summed E-state index contributed by atoms with van der Waals surface area (Å²) in [6.45, 7) is 5.13. The van der Waals surface area contributed by atoms with E-state index in [-0.39, 0.29) is 5.78 Å². The molecule has 1 heterocycles. The molecule has 0 saturated heterocycles. The molecule has 0 spiro atoms. The maximum atomic E-state index is 11.8. The zero-order chi connectivity index (χ0) is 13.4. The third-order valence-corrected chi connectivity index (χ3v) is 3.77. The molecule has 98 valence electrons. The SMILES string of the molecule is CCCn1cc(-c2cccc3c2CCC3=O)c(C)n1. The van der Waals surface area contributed by atoms with Crippen molar-refractivity contribution < 1.29 is 4.79 Å². The summed E-state index contributed by atoms with van der Waals surface area (Å²) in [6.07, 6.45) is 4.69. The summed E-state index contributed by atoms with van der Waals surface area (Å²) < 4.78 is 2.00. The normalized spacial score (nSPS) is 13.9. The van der Waals surface area contributed by atoms with Crippen molar-refractivity contribution >= 4 is 5.78 Å². The lowest BCUT2D eigenvalue weighted by molar-refractivity contribution is 0.0994. The lowest BCUT2D eigenvalue weighted by Crippen LogP contribution is -1.96. The minimum Gasteiger partial charge on any atom is -0.294 e. The van der Waals surface area contributed by atoms with E-state index in [0.29, 0.717) is 6.42 Å². The van der Waals surface area contributed by atoms with E-state index < -0.39 is 0 Å². The summed E-state index contributed by atoms with van der Waals surface area (Å²) in [6, 6.07) is 6.03. The van der Waals surface area contributed by atoms with Crippen LogP contribution in [-0.4, -0.2) is 15.6 Å². The monoisotopic (exact) mass is 254 g/mol. The number of hydrogen-bond donors (Lipinski definition) is 0. The maximum Gasteiger partial charge on any atom is 0.163 e. The molecule has 1 aliphatic rings. The van der Waals surface area contributed by atoms with Crippen molar-refractivity contribution in [2.24, 2.45) is 0 Å². The molecular weight excluding hydrogens is 236 g/mol. The van der Waals surface area contributed by atoms with Crippen LogP contribution < -0.4 is 0 Å². The van der Waals surface area contributed by atoms with E-state index in [0.717, 1.165) is 30.6 Å². The Morgan fingerprint density at radius 3 is 2.79 bits per heavy atom. The van der Waals surface area contributed by atoms with Crippen LogP contribution in [0.15, 0.2) is 24.4 Å². The standard InChI is InChI=1S/C16H18N2O/c1-3-9-18-10-15(11(2)17-18)12-5-4-6-14-13(12)7-8-16(14)19/h4-6,10H,3,7-9H2,1-2H3. The number of fused-ring (bicyclic) bond motifs is 1. The lowest BCUT2D eigenvalue weighted by Gasteiger charge is -2.06. The highest BCUT2D eigenvalue weighted by atomic mass is 16.1. The minimum atomic E-state index is 0.274. The van der Waals surface area contributed by atoms with Gasteiger partial charge in [0, 0.05) is 30.3 Å². The molecule has 0 bridgehead atoms. The second-order valence-electron chi connectivity index (χ2n) is 5.15. The second-order valence-corrected chi connectivity index (χ2v) is 5.15. The Balaban J connectivity index is 2.10. The van der Waals surface area contributed by atoms with Gasteiger partial charge in [-0.2, -0.15) is 5.10 Å². The number of Topliss-reactive ketones (excluding diaryl/α,β-unsaturated/α-hetero) is 1. The highest BCUT2D eigenvalue weighted by molar-refractivity contribution is 6.02. The van der Waals surface area contributed by atoms with Crippen molar-refractivity contribution in [3.8, 4) is 11.1 Å². The Kier molecular flexibility index (Phi) is 2.97. The number of rotatable bonds is 3. The Morgan fingerprint density at radius 2 is 2.00 bits per heavy atom. The molecule has 2 aromatic rings. The molecule has 0 radical (unpaired) electrons. The third kappa shape index (κ3) is 1.99. The van der Waals surface area contributed by atoms with Gasteiger partial charge >= 0.3 is 0 Å². The van der Waals surface area contributed by atoms with Crippen LogP contribution in [0.25, 0.3) is 11.1 Å². The summed E-state index contributed by atoms with van der Waals surface area (Å²) in [5.74, 6) is 0.274. The zero-order valence-electron chi connectivity index (χ0n) is 11.4. The molecule has 0 fully saturated rings. The first-order valence-corrected chi connectivity index (χ1v) is 6.90. The predicted molar refractivity (Wildman–Crippen MR) is 75.3 cm³/mol. The summed E-state index contributed by atoms with van der Waals surface area (Å²) in [5.41, 5.74) is 5.50. The van der Waals surface area contributed by atoms with Crippen LogP contribution in [0, 0.1) is 6.92 Å². The van der Waals surface area contributed by atoms with Crippen molar-refractivity contribution in [2.45, 2.75) is 39.7 Å². The zero-order valence-corrected chi connectivity index (χ0v) is 11.4. The van der Waals surface area contributed by atoms with Gasteiger partial charge in [0.15, 0.2) is 5.78 Å². The average molecular weight is 254 g/mol. The number of aromatic nitrogens is 2. The van der Waals surface area contributed by atoms with Crippen LogP contribution in [0.5, 0.6) is 0 Å². The molecule has 0 amide bonds. The van der Waals surface area contributed by atoms with E-state index >= 15 is 0 Å². The van der Waals surface area contributed by atoms with Gasteiger partial charge < -0.3 is 0 Å². The van der Waals surface area contributed by atoms with Crippen LogP contribution in [0.2, 0.25) is 0 Å². The smallest absolute Gasteiger partial charge is 0.163 e. The van der Waals surface area contributed by atoms with E-state index in [1.807, 2.05) is 23.7 Å². The number of carbonyl (C=O) groups is 1. The molecule has 1 aliphatic carbocycles. The maximum absolute atomic E-state index is 11.8. The van der Waals surface area contributed by atoms with Crippen molar-refractivity contribution in [1.82, 2.24) is 9.78 Å². The van der Waals surface area contributed by atoms with Gasteiger partial charge in [-0.3, -0.25) is 9.48 Å². The number of ketones is 1. The van der Waals surface area contributed by atoms with E-state index in [1.165, 1.54) is 16.7 Å². The molecular formula is C16H18N2O. The van der Waals surface area contributed by atoms with E-state index in [9.17, 15) is 4.79 Å². The number of benzene rings is 1. The molecule has 1 aromatic carbocycles. The fraction of sp³-hybridized carbons (Fsp3) is 0.375. The van der Waals surface area contributed by atoms with Gasteiger partial charge in [-0.05, 0) is 30.9 Å². The molecule has 0 saturated carbocycles. The highest BCUT2D eigenvalue weighted by Gasteiger charge is 2.23. The molecule has 3 nitrogen and oxygen atoms in total. The summed E-state index contributed by atoms with van der Waals surface area (Å²) in [5, 5.41) is 4.55. The second kappa shape index (κ2) is 4.65. The van der Waals surface area contributed by atoms with Crippen LogP contribution in [0.4, 0.5) is 0 Å². The molecule has 0 aliphatic heterocycles. The van der Waals surface area contributed by atoms with E-state index in [2.05, 4.69) is 24.3 Å². The van der Waals surface area contributed by atoms with E-state index in [1.54, 1.807) is 0 Å². The quantitative estimate of drug-likeness (QED) is 0.841. The molecule has 19 heavy (non-hydrogen) atoms. The van der Waals surface area contributed by atoms with Crippen molar-refractivity contribution in [2.75, 3.05) is 0 Å². The third-order valence-electron chi connectivity index (χ3n) is 3.77. The molecule has 3 heteroatoms. The van der Waals surface area contributed by atoms with Gasteiger partial charge in [0.1, 0.15) is 0 Å². The van der Waals surface area contributed by atoms with Gasteiger partial charge in [0.05, 0.1) is 5.69 Å². The van der Waals surface area contributed by atoms with Crippen molar-refractivity contribution in [3.63, 3.8) is 0 Å². The van der Waals surface area contributed by atoms with E-state index in [4.69, 9.17) is 0 Å². The van der Waals surface area contributed by atoms with Gasteiger partial charge in [0.25, 0.3) is 0 Å². The first kappa shape index (κ1) is 12.2. The first-order chi connectivity index (χ1) is 9.20. The number of aryl methyl sites for hydroxylation is 2. The van der Waals surface area contributed by atoms with Gasteiger partial charge in [0.2, 0.25) is 0 Å². The molecule has 1 aromatic heterocycles. The Bertz CT molecular complexity index is 640. The van der Waals surface area contributed by atoms with Crippen LogP contribution in [-0.2, 0) is 13.0 Å². The summed E-state index contributed by atoms with van der Waals surface area (Å²) >= 11 is 0. The summed E-state index contributed by atoms with van der Waals surface area (Å²) in [7, 11) is 0. The minimum absolute atomic E-state index is 0.274. The fourth-order valence-corrected chi connectivity index (χ4v) is 2.87. The largest absolute Gasteiger partial charge is 0.294 e. The fourth-order valence-electron chi connectivity index (χ4n) is 2.87. The van der Waals surface area contributed by atoms with Gasteiger partial charge in [-0.1, -0.05) is 25.1 Å². The Morgan fingerprint density at radius 1 is 1.21 bits per heavy atom. The average Bonchev–Trinajstić information content (AvgIpc) is 2.94. The molecule has 3 rings (SSSR count). The molecule has 0 unspecified atom stereocenters. The number of carbonyl (C=O) groups excluding carboxylic acids is 1. The van der Waals surface area contributed by atoms with Crippen molar-refractivity contribution in [1.29, 1.82) is 0 Å². The van der Waals surface area contributed by atoms with Crippen LogP contribution in [0.3, 0.4) is 0 Å². The number of nitrogens with zero attached hydrogens (tertiary/aromatic N) is 2. The summed E-state index contributed by atoms with van der Waals surface area (Å²) in [4.78, 5) is 11.8. The predicted octanol–water partition coefficient (Wildman–Crippen LogP) is 3.40. The number of hydrogen-bond acceptors (Lipinski definition) is 2. The molecule has 0 atom stereocenters. The Hall–Kier alpha value is -1.90. The lowest BCUT2D eigenvalue weighted by atomic mass is 9.97. The van der Waals surface area contributed by atoms with Crippen LogP contribution in [0.1, 0.15) is 41.4 Å². The highest BCUT2D eigenvalue weighted by Crippen LogP contribution is 2.33. The van der Waals surface area contributed by atoms with Crippen LogP contribution >= 0.6 is 0 Å². The molecule has 0 N–H and O–H groups in total. The van der Waals surface area contributed by atoms with Gasteiger partial charge in [-0.25, -0.2) is 0 Å². The van der Waals surface area contributed by atoms with Gasteiger partial charge in [-0.15, -0.1) is 0 Å². The van der Waals surface area contributed by atoms with Crippen molar-refractivity contribution in [3.05, 3.63) is 41.2 Å². The Labute approximate surface area is 113 Å². The first-order valence-electron chi connectivity index (χ1n) is 6.90.